The van der Waals surface area contributed by atoms with E-state index in [0.717, 1.165) is 22.2 Å². The summed E-state index contributed by atoms with van der Waals surface area (Å²) >= 11 is 1.06. The Bertz CT molecular complexity index is 878. The zero-order valence-corrected chi connectivity index (χ0v) is 18.6. The Morgan fingerprint density at radius 3 is 2.40 bits per heavy atom. The van der Waals surface area contributed by atoms with E-state index < -0.39 is 40.1 Å². The summed E-state index contributed by atoms with van der Waals surface area (Å²) in [6.07, 6.45) is -0.240. The topological polar surface area (TPSA) is 93.2 Å². The third kappa shape index (κ3) is 3.90. The predicted octanol–water partition coefficient (Wildman–Crippen LogP) is 1.61. The van der Waals surface area contributed by atoms with Crippen LogP contribution in [-0.2, 0) is 29.7 Å². The molecule has 0 bridgehead atoms. The van der Waals surface area contributed by atoms with E-state index in [2.05, 4.69) is 0 Å². The van der Waals surface area contributed by atoms with Gasteiger partial charge in [-0.3, -0.25) is 19.3 Å². The van der Waals surface area contributed by atoms with Crippen LogP contribution >= 0.6 is 11.8 Å². The summed E-state index contributed by atoms with van der Waals surface area (Å²) in [7, 11) is 3.05. The molecule has 2 aliphatic rings. The number of ketones is 1. The van der Waals surface area contributed by atoms with E-state index in [1.54, 1.807) is 40.0 Å². The van der Waals surface area contributed by atoms with Gasteiger partial charge in [-0.2, -0.15) is 0 Å². The Morgan fingerprint density at radius 1 is 1.20 bits per heavy atom. The van der Waals surface area contributed by atoms with Gasteiger partial charge in [0.15, 0.2) is 5.78 Å². The minimum Gasteiger partial charge on any atom is -0.497 e. The first-order valence-corrected chi connectivity index (χ1v) is 10.6. The fourth-order valence-corrected chi connectivity index (χ4v) is 5.08. The van der Waals surface area contributed by atoms with Gasteiger partial charge in [-0.05, 0) is 38.5 Å². The number of hydrogen-bond acceptors (Lipinski definition) is 7. The number of rotatable bonds is 5. The number of hydrogen-bond donors (Lipinski definition) is 0. The van der Waals surface area contributed by atoms with E-state index in [1.807, 2.05) is 12.1 Å². The molecule has 0 spiro atoms. The summed E-state index contributed by atoms with van der Waals surface area (Å²) in [5, 5.41) is 0. The van der Waals surface area contributed by atoms with Crippen molar-refractivity contribution in [2.45, 2.75) is 49.5 Å². The van der Waals surface area contributed by atoms with E-state index in [4.69, 9.17) is 9.47 Å². The van der Waals surface area contributed by atoms with Crippen LogP contribution in [0.3, 0.4) is 0 Å². The SMILES string of the molecule is COc1ccc(CS[C@@]23C(=O)C[C@@H](C(=O)OC(C)(C)C)N2C(=O)CN(C)C3=O)cc1. The van der Waals surface area contributed by atoms with Gasteiger partial charge in [-0.1, -0.05) is 12.1 Å². The Kier molecular flexibility index (Phi) is 5.86. The maximum absolute atomic E-state index is 13.2. The first-order valence-electron chi connectivity index (χ1n) is 9.60. The Balaban J connectivity index is 1.93. The van der Waals surface area contributed by atoms with Crippen molar-refractivity contribution in [2.24, 2.45) is 0 Å². The molecule has 2 atom stereocenters. The van der Waals surface area contributed by atoms with Gasteiger partial charge < -0.3 is 14.4 Å². The number of carbonyl (C=O) groups excluding carboxylic acids is 4. The number of thioether (sulfide) groups is 1. The first-order chi connectivity index (χ1) is 14.0. The summed E-state index contributed by atoms with van der Waals surface area (Å²) in [5.41, 5.74) is 0.0819. The second-order valence-electron chi connectivity index (χ2n) is 8.38. The van der Waals surface area contributed by atoms with Gasteiger partial charge in [0.2, 0.25) is 10.8 Å². The number of ether oxygens (including phenoxy) is 2. The van der Waals surface area contributed by atoms with Crippen LogP contribution in [0.2, 0.25) is 0 Å². The molecular formula is C21H26N2O6S. The lowest BCUT2D eigenvalue weighted by Crippen LogP contribution is -2.67. The standard InChI is InChI=1S/C21H26N2O6S/c1-20(2,3)29-18(26)15-10-16(24)21(19(27)22(4)11-17(25)23(15)21)30-12-13-6-8-14(28-5)9-7-13/h6-9,15H,10-12H2,1-5H3/t15-,21+/m0/s1. The van der Waals surface area contributed by atoms with Crippen molar-refractivity contribution in [1.82, 2.24) is 9.80 Å². The van der Waals surface area contributed by atoms with Crippen LogP contribution in [0.5, 0.6) is 5.75 Å². The Hall–Kier alpha value is -2.55. The highest BCUT2D eigenvalue weighted by atomic mass is 32.2. The highest BCUT2D eigenvalue weighted by molar-refractivity contribution is 8.01. The van der Waals surface area contributed by atoms with Crippen molar-refractivity contribution >= 4 is 35.3 Å². The number of fused-ring (bicyclic) bond motifs is 1. The number of amides is 2. The van der Waals surface area contributed by atoms with Gasteiger partial charge in [0.1, 0.15) is 17.4 Å². The number of esters is 1. The Morgan fingerprint density at radius 2 is 1.83 bits per heavy atom. The molecule has 0 radical (unpaired) electrons. The number of nitrogens with zero attached hydrogens (tertiary/aromatic N) is 2. The zero-order chi connectivity index (χ0) is 22.3. The van der Waals surface area contributed by atoms with Gasteiger partial charge in [-0.25, -0.2) is 4.79 Å². The number of carbonyl (C=O) groups is 4. The van der Waals surface area contributed by atoms with E-state index in [9.17, 15) is 19.2 Å². The number of likely N-dealkylation sites (N-methyl/N-ethyl adjacent to an activating group) is 1. The van der Waals surface area contributed by atoms with E-state index >= 15 is 0 Å². The molecule has 0 aliphatic carbocycles. The van der Waals surface area contributed by atoms with Crippen molar-refractivity contribution in [3.05, 3.63) is 29.8 Å². The Labute approximate surface area is 179 Å². The fraction of sp³-hybridized carbons (Fsp3) is 0.524. The third-order valence-electron chi connectivity index (χ3n) is 4.97. The molecular weight excluding hydrogens is 408 g/mol. The van der Waals surface area contributed by atoms with Crippen LogP contribution < -0.4 is 4.74 Å². The van der Waals surface area contributed by atoms with Crippen LogP contribution in [-0.4, -0.2) is 70.6 Å². The van der Waals surface area contributed by atoms with E-state index in [0.29, 0.717) is 11.5 Å². The van der Waals surface area contributed by atoms with Crippen molar-refractivity contribution in [1.29, 1.82) is 0 Å². The average Bonchev–Trinajstić information content (AvgIpc) is 2.98. The highest BCUT2D eigenvalue weighted by Gasteiger charge is 2.65. The molecule has 30 heavy (non-hydrogen) atoms. The molecule has 0 unspecified atom stereocenters. The summed E-state index contributed by atoms with van der Waals surface area (Å²) in [6.45, 7) is 4.95. The molecule has 2 aliphatic heterocycles. The summed E-state index contributed by atoms with van der Waals surface area (Å²) in [4.78, 5) is 52.6. The molecule has 2 fully saturated rings. The highest BCUT2D eigenvalue weighted by Crippen LogP contribution is 2.45. The van der Waals surface area contributed by atoms with Gasteiger partial charge >= 0.3 is 5.97 Å². The fourth-order valence-electron chi connectivity index (χ4n) is 3.62. The zero-order valence-electron chi connectivity index (χ0n) is 17.8. The lowest BCUT2D eigenvalue weighted by atomic mass is 10.1. The van der Waals surface area contributed by atoms with Crippen molar-refractivity contribution in [2.75, 3.05) is 20.7 Å². The van der Waals surface area contributed by atoms with Crippen LogP contribution in [0, 0.1) is 0 Å². The third-order valence-corrected chi connectivity index (χ3v) is 6.47. The molecule has 0 N–H and O–H groups in total. The molecule has 0 aromatic heterocycles. The van der Waals surface area contributed by atoms with Crippen LogP contribution in [0.4, 0.5) is 0 Å². The van der Waals surface area contributed by atoms with Crippen LogP contribution in [0.15, 0.2) is 24.3 Å². The lowest BCUT2D eigenvalue weighted by molar-refractivity contribution is -0.169. The minimum absolute atomic E-state index is 0.184. The molecule has 2 amide bonds. The molecule has 1 aromatic carbocycles. The number of Topliss-reactive ketones (excluding diaryl/α,β-unsaturated/α-hetero) is 1. The van der Waals surface area contributed by atoms with Crippen molar-refractivity contribution in [3.8, 4) is 5.75 Å². The smallest absolute Gasteiger partial charge is 0.329 e. The normalized spacial score (nSPS) is 24.2. The second-order valence-corrected chi connectivity index (χ2v) is 9.55. The van der Waals surface area contributed by atoms with Crippen LogP contribution in [0.1, 0.15) is 32.8 Å². The van der Waals surface area contributed by atoms with Crippen molar-refractivity contribution in [3.63, 3.8) is 0 Å². The molecule has 8 nitrogen and oxygen atoms in total. The maximum Gasteiger partial charge on any atom is 0.329 e. The molecule has 3 rings (SSSR count). The summed E-state index contributed by atoms with van der Waals surface area (Å²) in [6, 6.07) is 6.12. The summed E-state index contributed by atoms with van der Waals surface area (Å²) in [5.74, 6) is -1.07. The second kappa shape index (κ2) is 7.94. The molecule has 162 valence electrons. The first kappa shape index (κ1) is 22.1. The van der Waals surface area contributed by atoms with Gasteiger partial charge in [0.25, 0.3) is 5.91 Å². The number of benzene rings is 1. The summed E-state index contributed by atoms with van der Waals surface area (Å²) < 4.78 is 10.6. The molecule has 2 heterocycles. The van der Waals surface area contributed by atoms with Gasteiger partial charge in [0.05, 0.1) is 13.7 Å². The van der Waals surface area contributed by atoms with Gasteiger partial charge in [-0.15, -0.1) is 11.8 Å². The molecule has 0 saturated carbocycles. The number of methoxy groups -OCH3 is 1. The largest absolute Gasteiger partial charge is 0.497 e. The monoisotopic (exact) mass is 434 g/mol. The minimum atomic E-state index is -1.76. The number of piperazine rings is 1. The molecule has 9 heteroatoms. The van der Waals surface area contributed by atoms with Crippen molar-refractivity contribution < 1.29 is 28.7 Å². The van der Waals surface area contributed by atoms with E-state index in [-0.39, 0.29) is 13.0 Å². The maximum atomic E-state index is 13.2. The molecule has 2 saturated heterocycles. The van der Waals surface area contributed by atoms with E-state index in [1.165, 1.54) is 11.9 Å². The van der Waals surface area contributed by atoms with Crippen LogP contribution in [0.25, 0.3) is 0 Å². The quantitative estimate of drug-likeness (QED) is 0.513. The lowest BCUT2D eigenvalue weighted by Gasteiger charge is -2.44. The average molecular weight is 435 g/mol. The predicted molar refractivity (Wildman–Crippen MR) is 111 cm³/mol. The molecule has 1 aromatic rings. The van der Waals surface area contributed by atoms with Gasteiger partial charge in [0, 0.05) is 19.2 Å².